The van der Waals surface area contributed by atoms with Crippen molar-refractivity contribution >= 4 is 11.8 Å². The molecule has 1 fully saturated rings. The van der Waals surface area contributed by atoms with Gasteiger partial charge in [0.1, 0.15) is 0 Å². The summed E-state index contributed by atoms with van der Waals surface area (Å²) >= 11 is 0. The summed E-state index contributed by atoms with van der Waals surface area (Å²) in [5.41, 5.74) is 0.445. The van der Waals surface area contributed by atoms with Crippen molar-refractivity contribution in [1.82, 2.24) is 4.98 Å². The molecule has 0 spiro atoms. The molecular formula is C11H13NO4. The van der Waals surface area contributed by atoms with Gasteiger partial charge in [0.2, 0.25) is 5.78 Å². The highest BCUT2D eigenvalue weighted by atomic mass is 16.6. The van der Waals surface area contributed by atoms with E-state index in [1.807, 2.05) is 0 Å². The number of ketones is 1. The summed E-state index contributed by atoms with van der Waals surface area (Å²) in [6, 6.07) is 3.36. The lowest BCUT2D eigenvalue weighted by Crippen LogP contribution is -2.25. The Bertz CT molecular complexity index is 365. The molecule has 2 rings (SSSR count). The van der Waals surface area contributed by atoms with Gasteiger partial charge in [-0.2, -0.15) is 0 Å². The second-order valence-corrected chi connectivity index (χ2v) is 3.62. The number of carbonyl (C=O) groups is 2. The van der Waals surface area contributed by atoms with Gasteiger partial charge in [0.05, 0.1) is 5.69 Å². The summed E-state index contributed by atoms with van der Waals surface area (Å²) in [4.78, 5) is 25.6. The van der Waals surface area contributed by atoms with Gasteiger partial charge in [0.15, 0.2) is 12.7 Å². The van der Waals surface area contributed by atoms with Crippen LogP contribution in [0.5, 0.6) is 0 Å². The summed E-state index contributed by atoms with van der Waals surface area (Å²) in [6.07, 6.45) is 2.70. The maximum absolute atomic E-state index is 11.5. The van der Waals surface area contributed by atoms with E-state index in [1.165, 1.54) is 0 Å². The number of hydrogen-bond donors (Lipinski definition) is 1. The Morgan fingerprint density at radius 2 is 2.44 bits per heavy atom. The molecule has 0 aliphatic carbocycles. The SMILES string of the molecule is O=C(COC(=O)[C@H]1CCCO1)c1ccc[nH]1. The second-order valence-electron chi connectivity index (χ2n) is 3.62. The van der Waals surface area contributed by atoms with Gasteiger partial charge >= 0.3 is 5.97 Å². The third kappa shape index (κ3) is 2.49. The second kappa shape index (κ2) is 4.94. The maximum Gasteiger partial charge on any atom is 0.335 e. The van der Waals surface area contributed by atoms with Crippen LogP contribution in [0.1, 0.15) is 23.3 Å². The van der Waals surface area contributed by atoms with E-state index in [0.29, 0.717) is 18.7 Å². The highest BCUT2D eigenvalue weighted by molar-refractivity contribution is 5.96. The number of aromatic amines is 1. The number of hydrogen-bond acceptors (Lipinski definition) is 4. The maximum atomic E-state index is 11.5. The lowest BCUT2D eigenvalue weighted by atomic mass is 10.2. The van der Waals surface area contributed by atoms with E-state index in [9.17, 15) is 9.59 Å². The van der Waals surface area contributed by atoms with Gasteiger partial charge < -0.3 is 14.5 Å². The molecule has 0 amide bonds. The van der Waals surface area contributed by atoms with Crippen LogP contribution in [0.3, 0.4) is 0 Å². The Morgan fingerprint density at radius 1 is 1.56 bits per heavy atom. The lowest BCUT2D eigenvalue weighted by molar-refractivity contribution is -0.153. The third-order valence-electron chi connectivity index (χ3n) is 2.44. The average molecular weight is 223 g/mol. The van der Waals surface area contributed by atoms with Gasteiger partial charge in [-0.3, -0.25) is 4.79 Å². The topological polar surface area (TPSA) is 68.4 Å². The molecule has 1 N–H and O–H groups in total. The van der Waals surface area contributed by atoms with Crippen molar-refractivity contribution < 1.29 is 19.1 Å². The quantitative estimate of drug-likeness (QED) is 0.608. The van der Waals surface area contributed by atoms with Crippen LogP contribution in [0, 0.1) is 0 Å². The minimum absolute atomic E-state index is 0.237. The van der Waals surface area contributed by atoms with E-state index in [-0.39, 0.29) is 12.4 Å². The van der Waals surface area contributed by atoms with E-state index in [4.69, 9.17) is 9.47 Å². The van der Waals surface area contributed by atoms with Crippen LogP contribution in [-0.2, 0) is 14.3 Å². The molecule has 1 saturated heterocycles. The largest absolute Gasteiger partial charge is 0.455 e. The van der Waals surface area contributed by atoms with Crippen LogP contribution in [0.4, 0.5) is 0 Å². The zero-order valence-electron chi connectivity index (χ0n) is 8.77. The highest BCUT2D eigenvalue weighted by Crippen LogP contribution is 2.13. The molecule has 0 aromatic carbocycles. The third-order valence-corrected chi connectivity index (χ3v) is 2.44. The smallest absolute Gasteiger partial charge is 0.335 e. The zero-order chi connectivity index (χ0) is 11.4. The first-order valence-corrected chi connectivity index (χ1v) is 5.22. The molecule has 0 unspecified atom stereocenters. The molecule has 2 heterocycles. The predicted molar refractivity (Wildman–Crippen MR) is 55.1 cm³/mol. The molecule has 0 radical (unpaired) electrons. The number of aromatic nitrogens is 1. The molecule has 1 atom stereocenters. The van der Waals surface area contributed by atoms with Crippen molar-refractivity contribution in [3.8, 4) is 0 Å². The monoisotopic (exact) mass is 223 g/mol. The van der Waals surface area contributed by atoms with Crippen LogP contribution in [0.15, 0.2) is 18.3 Å². The first-order chi connectivity index (χ1) is 7.77. The van der Waals surface area contributed by atoms with Crippen LogP contribution in [-0.4, -0.2) is 36.1 Å². The first kappa shape index (κ1) is 10.9. The van der Waals surface area contributed by atoms with Crippen LogP contribution in [0.25, 0.3) is 0 Å². The minimum atomic E-state index is -0.489. The van der Waals surface area contributed by atoms with Gasteiger partial charge in [-0.1, -0.05) is 0 Å². The summed E-state index contributed by atoms with van der Waals surface area (Å²) in [7, 11) is 0. The Hall–Kier alpha value is -1.62. The molecular weight excluding hydrogens is 210 g/mol. The van der Waals surface area contributed by atoms with Crippen molar-refractivity contribution in [3.63, 3.8) is 0 Å². The van der Waals surface area contributed by atoms with E-state index in [2.05, 4.69) is 4.98 Å². The number of esters is 1. The molecule has 16 heavy (non-hydrogen) atoms. The molecule has 1 aromatic heterocycles. The Labute approximate surface area is 92.7 Å². The number of nitrogens with one attached hydrogen (secondary N) is 1. The van der Waals surface area contributed by atoms with E-state index in [0.717, 1.165) is 6.42 Å². The predicted octanol–water partition coefficient (Wildman–Crippen LogP) is 0.920. The van der Waals surface area contributed by atoms with Crippen LogP contribution >= 0.6 is 0 Å². The number of H-pyrrole nitrogens is 1. The van der Waals surface area contributed by atoms with Gasteiger partial charge in [0.25, 0.3) is 0 Å². The van der Waals surface area contributed by atoms with Crippen LogP contribution in [0.2, 0.25) is 0 Å². The molecule has 86 valence electrons. The number of carbonyl (C=O) groups excluding carboxylic acids is 2. The van der Waals surface area contributed by atoms with Gasteiger partial charge in [-0.05, 0) is 25.0 Å². The number of ether oxygens (including phenoxy) is 2. The van der Waals surface area contributed by atoms with E-state index in [1.54, 1.807) is 18.3 Å². The highest BCUT2D eigenvalue weighted by Gasteiger charge is 2.25. The summed E-state index contributed by atoms with van der Waals surface area (Å²) in [6.45, 7) is 0.351. The molecule has 1 aliphatic rings. The lowest BCUT2D eigenvalue weighted by Gasteiger charge is -2.08. The minimum Gasteiger partial charge on any atom is -0.455 e. The standard InChI is InChI=1S/C11H13NO4/c13-9(8-3-1-5-12-8)7-16-11(14)10-4-2-6-15-10/h1,3,5,10,12H,2,4,6-7H2/t10-/m1/s1. The summed E-state index contributed by atoms with van der Waals surface area (Å²) in [5.74, 6) is -0.686. The van der Waals surface area contributed by atoms with Crippen molar-refractivity contribution in [3.05, 3.63) is 24.0 Å². The molecule has 1 aromatic rings. The van der Waals surface area contributed by atoms with Gasteiger partial charge in [-0.25, -0.2) is 4.79 Å². The fraction of sp³-hybridized carbons (Fsp3) is 0.455. The summed E-state index contributed by atoms with van der Waals surface area (Å²) in [5, 5.41) is 0. The average Bonchev–Trinajstić information content (AvgIpc) is 2.95. The first-order valence-electron chi connectivity index (χ1n) is 5.22. The van der Waals surface area contributed by atoms with Crippen molar-refractivity contribution in [2.75, 3.05) is 13.2 Å². The zero-order valence-corrected chi connectivity index (χ0v) is 8.77. The fourth-order valence-electron chi connectivity index (χ4n) is 1.57. The molecule has 0 bridgehead atoms. The number of Topliss-reactive ketones (excluding diaryl/α,β-unsaturated/α-hetero) is 1. The van der Waals surface area contributed by atoms with E-state index < -0.39 is 12.1 Å². The number of rotatable bonds is 4. The van der Waals surface area contributed by atoms with E-state index >= 15 is 0 Å². The Kier molecular flexibility index (Phi) is 3.36. The Morgan fingerprint density at radius 3 is 3.06 bits per heavy atom. The molecule has 5 heteroatoms. The van der Waals surface area contributed by atoms with Crippen molar-refractivity contribution in [1.29, 1.82) is 0 Å². The normalized spacial score (nSPS) is 19.6. The molecule has 5 nitrogen and oxygen atoms in total. The van der Waals surface area contributed by atoms with Crippen molar-refractivity contribution in [2.24, 2.45) is 0 Å². The Balaban J connectivity index is 1.79. The fourth-order valence-corrected chi connectivity index (χ4v) is 1.57. The van der Waals surface area contributed by atoms with Gasteiger partial charge in [0, 0.05) is 12.8 Å². The summed E-state index contributed by atoms with van der Waals surface area (Å²) < 4.78 is 10.0. The van der Waals surface area contributed by atoms with Crippen molar-refractivity contribution in [2.45, 2.75) is 18.9 Å². The molecule has 1 aliphatic heterocycles. The molecule has 0 saturated carbocycles. The van der Waals surface area contributed by atoms with Gasteiger partial charge in [-0.15, -0.1) is 0 Å². The van der Waals surface area contributed by atoms with Crippen LogP contribution < -0.4 is 0 Å².